The number of benzene rings is 1. The zero-order chi connectivity index (χ0) is 11.1. The van der Waals surface area contributed by atoms with Gasteiger partial charge in [0.15, 0.2) is 0 Å². The third-order valence-electron chi connectivity index (χ3n) is 2.47. The summed E-state index contributed by atoms with van der Waals surface area (Å²) in [7, 11) is 0. The Bertz CT molecular complexity index is 700. The third-order valence-corrected chi connectivity index (χ3v) is 3.14. The number of aromatic nitrogens is 2. The molecule has 0 aliphatic heterocycles. The maximum Gasteiger partial charge on any atom is 2.00 e. The fourth-order valence-electron chi connectivity index (χ4n) is 1.73. The van der Waals surface area contributed by atoms with Gasteiger partial charge in [-0.25, -0.2) is 4.98 Å². The first kappa shape index (κ1) is 12.7. The van der Waals surface area contributed by atoms with E-state index in [0.717, 1.165) is 21.8 Å². The SMILES string of the molecule is Clc1cc2ccc3cccnc3c2nc1Cl.[Pd+2]. The molecule has 86 valence electrons. The maximum absolute atomic E-state index is 5.92. The van der Waals surface area contributed by atoms with Crippen molar-refractivity contribution >= 4 is 45.0 Å². The fraction of sp³-hybridized carbons (Fsp3) is 0. The van der Waals surface area contributed by atoms with Crippen LogP contribution in [0.15, 0.2) is 36.5 Å². The topological polar surface area (TPSA) is 25.8 Å². The van der Waals surface area contributed by atoms with Gasteiger partial charge in [0.1, 0.15) is 5.15 Å². The van der Waals surface area contributed by atoms with Crippen molar-refractivity contribution < 1.29 is 20.4 Å². The zero-order valence-electron chi connectivity index (χ0n) is 8.43. The van der Waals surface area contributed by atoms with Gasteiger partial charge in [0.2, 0.25) is 0 Å². The summed E-state index contributed by atoms with van der Waals surface area (Å²) in [5, 5.41) is 2.76. The van der Waals surface area contributed by atoms with Gasteiger partial charge in [-0.3, -0.25) is 4.98 Å². The summed E-state index contributed by atoms with van der Waals surface area (Å²) in [6.07, 6.45) is 1.74. The van der Waals surface area contributed by atoms with Gasteiger partial charge >= 0.3 is 20.4 Å². The predicted octanol–water partition coefficient (Wildman–Crippen LogP) is 4.09. The van der Waals surface area contributed by atoms with Crippen LogP contribution in [0.2, 0.25) is 10.2 Å². The van der Waals surface area contributed by atoms with E-state index in [1.54, 1.807) is 12.3 Å². The van der Waals surface area contributed by atoms with Crippen LogP contribution in [0.5, 0.6) is 0 Å². The number of halogens is 2. The van der Waals surface area contributed by atoms with Crippen LogP contribution in [-0.2, 0) is 20.4 Å². The number of fused-ring (bicyclic) bond motifs is 3. The predicted molar refractivity (Wildman–Crippen MR) is 67.1 cm³/mol. The third kappa shape index (κ3) is 2.17. The number of rotatable bonds is 0. The summed E-state index contributed by atoms with van der Waals surface area (Å²) < 4.78 is 0. The van der Waals surface area contributed by atoms with Gasteiger partial charge in [0.25, 0.3) is 0 Å². The summed E-state index contributed by atoms with van der Waals surface area (Å²) in [6.45, 7) is 0. The summed E-state index contributed by atoms with van der Waals surface area (Å²) in [4.78, 5) is 8.59. The van der Waals surface area contributed by atoms with Gasteiger partial charge in [0.05, 0.1) is 16.1 Å². The molecular weight excluding hydrogens is 349 g/mol. The van der Waals surface area contributed by atoms with E-state index in [0.29, 0.717) is 10.2 Å². The molecular formula is C12H6Cl2N2Pd+2. The number of nitrogens with zero attached hydrogens (tertiary/aromatic N) is 2. The standard InChI is InChI=1S/C12H6Cl2N2.Pd/c13-9-6-8-4-3-7-2-1-5-15-10(7)11(8)16-12(9)14;/h1-6H;/q;+2. The number of pyridine rings is 2. The molecule has 2 nitrogen and oxygen atoms in total. The molecule has 5 heteroatoms. The minimum atomic E-state index is 0. The van der Waals surface area contributed by atoms with Crippen molar-refractivity contribution in [2.75, 3.05) is 0 Å². The molecule has 0 bridgehead atoms. The molecule has 0 radical (unpaired) electrons. The van der Waals surface area contributed by atoms with Crippen LogP contribution in [0, 0.1) is 0 Å². The van der Waals surface area contributed by atoms with E-state index in [1.165, 1.54) is 0 Å². The Hall–Kier alpha value is -0.718. The molecule has 0 unspecified atom stereocenters. The summed E-state index contributed by atoms with van der Waals surface area (Å²) in [6, 6.07) is 9.66. The van der Waals surface area contributed by atoms with Gasteiger partial charge in [-0.05, 0) is 12.1 Å². The Morgan fingerprint density at radius 2 is 1.71 bits per heavy atom. The minimum absolute atomic E-state index is 0. The second-order valence-corrected chi connectivity index (χ2v) is 4.24. The van der Waals surface area contributed by atoms with Crippen molar-refractivity contribution in [1.29, 1.82) is 0 Å². The van der Waals surface area contributed by atoms with Gasteiger partial charge in [-0.15, -0.1) is 0 Å². The quantitative estimate of drug-likeness (QED) is 0.345. The molecule has 2 heterocycles. The van der Waals surface area contributed by atoms with Gasteiger partial charge in [0, 0.05) is 17.0 Å². The van der Waals surface area contributed by atoms with E-state index in [1.807, 2.05) is 24.3 Å². The summed E-state index contributed by atoms with van der Waals surface area (Å²) >= 11 is 11.8. The Morgan fingerprint density at radius 1 is 0.941 bits per heavy atom. The average Bonchev–Trinajstić information content (AvgIpc) is 2.31. The molecule has 3 aromatic rings. The number of hydrogen-bond acceptors (Lipinski definition) is 2. The molecule has 17 heavy (non-hydrogen) atoms. The Labute approximate surface area is 122 Å². The van der Waals surface area contributed by atoms with Crippen LogP contribution in [0.1, 0.15) is 0 Å². The van der Waals surface area contributed by atoms with Crippen LogP contribution in [-0.4, -0.2) is 9.97 Å². The second-order valence-electron chi connectivity index (χ2n) is 3.47. The van der Waals surface area contributed by atoms with E-state index in [2.05, 4.69) is 9.97 Å². The monoisotopic (exact) mass is 354 g/mol. The average molecular weight is 356 g/mol. The molecule has 0 atom stereocenters. The first-order valence-electron chi connectivity index (χ1n) is 4.75. The molecule has 2 aromatic heterocycles. The first-order valence-corrected chi connectivity index (χ1v) is 5.51. The molecule has 0 fully saturated rings. The summed E-state index contributed by atoms with van der Waals surface area (Å²) in [5.74, 6) is 0. The van der Waals surface area contributed by atoms with Crippen molar-refractivity contribution in [2.24, 2.45) is 0 Å². The molecule has 0 saturated carbocycles. The Kier molecular flexibility index (Phi) is 3.65. The van der Waals surface area contributed by atoms with Crippen LogP contribution in [0.4, 0.5) is 0 Å². The Balaban J connectivity index is 0.00000108. The van der Waals surface area contributed by atoms with E-state index in [9.17, 15) is 0 Å². The fourth-order valence-corrected chi connectivity index (χ4v) is 2.03. The molecule has 1 aromatic carbocycles. The van der Waals surface area contributed by atoms with Crippen LogP contribution in [0.25, 0.3) is 21.8 Å². The van der Waals surface area contributed by atoms with Gasteiger partial charge < -0.3 is 0 Å². The van der Waals surface area contributed by atoms with Crippen molar-refractivity contribution in [3.63, 3.8) is 0 Å². The zero-order valence-corrected chi connectivity index (χ0v) is 11.5. The normalized spacial score (nSPS) is 10.5. The Morgan fingerprint density at radius 3 is 2.53 bits per heavy atom. The second kappa shape index (κ2) is 4.88. The van der Waals surface area contributed by atoms with Crippen LogP contribution in [0.3, 0.4) is 0 Å². The minimum Gasteiger partial charge on any atom is -0.254 e. The molecule has 0 saturated heterocycles. The van der Waals surface area contributed by atoms with E-state index < -0.39 is 0 Å². The maximum atomic E-state index is 5.92. The van der Waals surface area contributed by atoms with Crippen molar-refractivity contribution in [1.82, 2.24) is 9.97 Å². The smallest absolute Gasteiger partial charge is 0.254 e. The van der Waals surface area contributed by atoms with E-state index in [4.69, 9.17) is 23.2 Å². The molecule has 0 spiro atoms. The van der Waals surface area contributed by atoms with Crippen molar-refractivity contribution in [3.8, 4) is 0 Å². The number of hydrogen-bond donors (Lipinski definition) is 0. The molecule has 0 amide bonds. The van der Waals surface area contributed by atoms with Gasteiger partial charge in [-0.1, -0.05) is 41.4 Å². The van der Waals surface area contributed by atoms with Gasteiger partial charge in [-0.2, -0.15) is 0 Å². The van der Waals surface area contributed by atoms with Crippen LogP contribution < -0.4 is 0 Å². The van der Waals surface area contributed by atoms with Crippen LogP contribution >= 0.6 is 23.2 Å². The largest absolute Gasteiger partial charge is 2.00 e. The van der Waals surface area contributed by atoms with Crippen molar-refractivity contribution in [2.45, 2.75) is 0 Å². The summed E-state index contributed by atoms with van der Waals surface area (Å²) in [5.41, 5.74) is 1.63. The molecule has 0 aliphatic carbocycles. The van der Waals surface area contributed by atoms with E-state index >= 15 is 0 Å². The van der Waals surface area contributed by atoms with Crippen molar-refractivity contribution in [3.05, 3.63) is 46.7 Å². The molecule has 0 N–H and O–H groups in total. The first-order chi connectivity index (χ1) is 7.75. The molecule has 0 aliphatic rings. The molecule has 3 rings (SSSR count). The van der Waals surface area contributed by atoms with E-state index in [-0.39, 0.29) is 20.4 Å².